The van der Waals surface area contributed by atoms with Crippen LogP contribution in [0.2, 0.25) is 0 Å². The van der Waals surface area contributed by atoms with Gasteiger partial charge in [0, 0.05) is 31.1 Å². The molecular formula is C36H55NO9. The number of hydrogen-bond acceptors (Lipinski definition) is 10. The SMILES string of the molecule is C=C(C)CO/N=C(/C[C@H]1O[C@@H]2O[C@]3(C)CC[C@H]4[C@H](C)CC[C@@H]([C@H]1C)[C@@]24OO3)[C@H]1O[C@@H]2O[C@]3(C)CC[C@H]4[C@H](C)CC[C@@H]([C@H]1C)[C@@]24OO3. The smallest absolute Gasteiger partial charge is 0.201 e. The van der Waals surface area contributed by atoms with Gasteiger partial charge in [0.25, 0.3) is 0 Å². The van der Waals surface area contributed by atoms with Crippen LogP contribution in [0.15, 0.2) is 17.3 Å². The predicted molar refractivity (Wildman–Crippen MR) is 166 cm³/mol. The van der Waals surface area contributed by atoms with Gasteiger partial charge < -0.3 is 23.8 Å². The van der Waals surface area contributed by atoms with Crippen molar-refractivity contribution in [3.05, 3.63) is 12.2 Å². The average Bonchev–Trinajstić information content (AvgIpc) is 3.38. The van der Waals surface area contributed by atoms with Gasteiger partial charge >= 0.3 is 0 Å². The first kappa shape index (κ1) is 32.1. The lowest BCUT2D eigenvalue weighted by atomic mass is 9.56. The van der Waals surface area contributed by atoms with E-state index in [9.17, 15) is 0 Å². The molecule has 2 aliphatic carbocycles. The molecule has 0 aromatic rings. The Balaban J connectivity index is 1.12. The predicted octanol–water partition coefficient (Wildman–Crippen LogP) is 6.83. The summed E-state index contributed by atoms with van der Waals surface area (Å²) in [6.45, 7) is 19.5. The van der Waals surface area contributed by atoms with Crippen molar-refractivity contribution in [2.75, 3.05) is 6.61 Å². The molecule has 0 aromatic heterocycles. The van der Waals surface area contributed by atoms with Gasteiger partial charge in [0.05, 0.1) is 11.8 Å². The number of ether oxygens (including phenoxy) is 4. The largest absolute Gasteiger partial charge is 0.391 e. The molecule has 8 saturated heterocycles. The van der Waals surface area contributed by atoms with Crippen molar-refractivity contribution in [2.24, 2.45) is 52.5 Å². The topological polar surface area (TPSA) is 95.4 Å². The maximum absolute atomic E-state index is 7.05. The fourth-order valence-electron chi connectivity index (χ4n) is 11.1. The molecule has 258 valence electrons. The lowest BCUT2D eigenvalue weighted by Crippen LogP contribution is -2.71. The van der Waals surface area contributed by atoms with E-state index in [2.05, 4.69) is 34.3 Å². The molecule has 2 saturated carbocycles. The molecule has 0 N–H and O–H groups in total. The number of rotatable bonds is 6. The van der Waals surface area contributed by atoms with Crippen LogP contribution in [-0.2, 0) is 43.3 Å². The molecule has 10 fully saturated rings. The normalized spacial score (nSPS) is 55.9. The molecule has 16 atom stereocenters. The third-order valence-corrected chi connectivity index (χ3v) is 13.7. The minimum atomic E-state index is -0.839. The molecule has 2 spiro atoms. The minimum absolute atomic E-state index is 0.0963. The highest BCUT2D eigenvalue weighted by Crippen LogP contribution is 2.63. The first-order chi connectivity index (χ1) is 21.9. The van der Waals surface area contributed by atoms with Crippen molar-refractivity contribution >= 4 is 5.71 Å². The summed E-state index contributed by atoms with van der Waals surface area (Å²) in [5, 5.41) is 4.83. The lowest BCUT2D eigenvalue weighted by molar-refractivity contribution is -0.571. The van der Waals surface area contributed by atoms with Gasteiger partial charge in [-0.2, -0.15) is 0 Å². The second-order valence-electron chi connectivity index (χ2n) is 16.8. The standard InChI is InChI=1S/C36H55NO9/c1-19(2)18-38-37-28(30-23(6)27-12-10-21(4)25-14-16-34(8)42-32(40-30)36(25,27)46-44-34)17-29-22(5)26-11-9-20(3)24-13-15-33(7)41-31(39-29)35(24,26)45-43-33/h20-27,29-32H,1,9-18H2,2-8H3/b37-28-/t20-,21-,22-,23-,24+,25+,26+,27+,29-,30+,31-,32-,33+,34+,35-,36-/m1/s1. The van der Waals surface area contributed by atoms with Crippen molar-refractivity contribution in [2.45, 2.75) is 154 Å². The molecule has 0 amide bonds. The number of fused-ring (bicyclic) bond motifs is 4. The summed E-state index contributed by atoms with van der Waals surface area (Å²) in [4.78, 5) is 30.9. The monoisotopic (exact) mass is 645 g/mol. The van der Waals surface area contributed by atoms with Gasteiger partial charge in [0.15, 0.2) is 23.8 Å². The van der Waals surface area contributed by atoms with Crippen molar-refractivity contribution in [1.29, 1.82) is 0 Å². The van der Waals surface area contributed by atoms with Crippen molar-refractivity contribution in [3.63, 3.8) is 0 Å². The van der Waals surface area contributed by atoms with Crippen LogP contribution in [0, 0.1) is 47.3 Å². The van der Waals surface area contributed by atoms with Crippen LogP contribution in [0.3, 0.4) is 0 Å². The van der Waals surface area contributed by atoms with Crippen LogP contribution in [-0.4, -0.2) is 59.9 Å². The van der Waals surface area contributed by atoms with Crippen LogP contribution >= 0.6 is 0 Å². The second-order valence-corrected chi connectivity index (χ2v) is 16.8. The van der Waals surface area contributed by atoms with E-state index in [-0.39, 0.29) is 35.9 Å². The van der Waals surface area contributed by atoms with Crippen LogP contribution in [0.4, 0.5) is 0 Å². The molecule has 46 heavy (non-hydrogen) atoms. The van der Waals surface area contributed by atoms with Gasteiger partial charge in [0.1, 0.15) is 12.7 Å². The van der Waals surface area contributed by atoms with Crippen LogP contribution in [0.1, 0.15) is 106 Å². The molecule has 8 aliphatic heterocycles. The Kier molecular flexibility index (Phi) is 7.82. The minimum Gasteiger partial charge on any atom is -0.391 e. The van der Waals surface area contributed by atoms with Crippen LogP contribution < -0.4 is 0 Å². The van der Waals surface area contributed by atoms with Gasteiger partial charge in [-0.15, -0.1) is 0 Å². The number of hydrogen-bond donors (Lipinski definition) is 0. The molecule has 0 aromatic carbocycles. The zero-order valence-electron chi connectivity index (χ0n) is 28.8. The third kappa shape index (κ3) is 4.67. The highest BCUT2D eigenvalue weighted by Gasteiger charge is 2.71. The zero-order valence-corrected chi connectivity index (χ0v) is 28.8. The highest BCUT2D eigenvalue weighted by atomic mass is 17.3. The van der Waals surface area contributed by atoms with E-state index < -0.39 is 35.4 Å². The lowest BCUT2D eigenvalue weighted by Gasteiger charge is -2.61. The maximum Gasteiger partial charge on any atom is 0.201 e. The molecule has 10 aliphatic rings. The Morgan fingerprint density at radius 3 is 1.83 bits per heavy atom. The Morgan fingerprint density at radius 1 is 0.717 bits per heavy atom. The van der Waals surface area contributed by atoms with Gasteiger partial charge in [-0.3, -0.25) is 0 Å². The maximum atomic E-state index is 7.05. The summed E-state index contributed by atoms with van der Waals surface area (Å²) in [6, 6.07) is 0. The van der Waals surface area contributed by atoms with E-state index in [0.717, 1.165) is 62.7 Å². The van der Waals surface area contributed by atoms with E-state index in [1.54, 1.807) is 0 Å². The van der Waals surface area contributed by atoms with E-state index in [0.29, 0.717) is 36.7 Å². The Morgan fingerprint density at radius 2 is 1.26 bits per heavy atom. The molecule has 8 heterocycles. The summed E-state index contributed by atoms with van der Waals surface area (Å²) in [6.07, 6.45) is 6.94. The molecular weight excluding hydrogens is 590 g/mol. The summed E-state index contributed by atoms with van der Waals surface area (Å²) >= 11 is 0. The summed E-state index contributed by atoms with van der Waals surface area (Å²) in [5.74, 6) is 0.676. The molecule has 0 radical (unpaired) electrons. The third-order valence-electron chi connectivity index (χ3n) is 13.7. The zero-order chi connectivity index (χ0) is 32.2. The summed E-state index contributed by atoms with van der Waals surface area (Å²) in [5.41, 5.74) is 0.505. The van der Waals surface area contributed by atoms with E-state index in [1.807, 2.05) is 20.8 Å². The Labute approximate surface area is 274 Å². The summed E-state index contributed by atoms with van der Waals surface area (Å²) in [7, 11) is 0. The molecule has 10 heteroatoms. The average molecular weight is 646 g/mol. The highest BCUT2D eigenvalue weighted by molar-refractivity contribution is 5.89. The van der Waals surface area contributed by atoms with Crippen LogP contribution in [0.5, 0.6) is 0 Å². The summed E-state index contributed by atoms with van der Waals surface area (Å²) < 4.78 is 27.4. The molecule has 10 rings (SSSR count). The number of nitrogens with zero attached hydrogens (tertiary/aromatic N) is 1. The van der Waals surface area contributed by atoms with E-state index >= 15 is 0 Å². The van der Waals surface area contributed by atoms with Crippen LogP contribution in [0.25, 0.3) is 0 Å². The fourth-order valence-corrected chi connectivity index (χ4v) is 11.1. The van der Waals surface area contributed by atoms with Gasteiger partial charge in [-0.05, 0) is 100 Å². The Bertz CT molecular complexity index is 1250. The van der Waals surface area contributed by atoms with Crippen molar-refractivity contribution in [3.8, 4) is 0 Å². The van der Waals surface area contributed by atoms with E-state index in [4.69, 9.17) is 48.5 Å². The first-order valence-electron chi connectivity index (χ1n) is 18.1. The molecule has 10 nitrogen and oxygen atoms in total. The Hall–Kier alpha value is -1.11. The molecule has 4 bridgehead atoms. The number of oxime groups is 1. The first-order valence-corrected chi connectivity index (χ1v) is 18.1. The fraction of sp³-hybridized carbons (Fsp3) is 0.917. The van der Waals surface area contributed by atoms with Crippen molar-refractivity contribution in [1.82, 2.24) is 0 Å². The van der Waals surface area contributed by atoms with Gasteiger partial charge in [-0.1, -0.05) is 39.4 Å². The second kappa shape index (κ2) is 11.2. The van der Waals surface area contributed by atoms with Gasteiger partial charge in [-0.25, -0.2) is 19.6 Å². The quantitative estimate of drug-likeness (QED) is 0.133. The van der Waals surface area contributed by atoms with Gasteiger partial charge in [0.2, 0.25) is 11.6 Å². The van der Waals surface area contributed by atoms with E-state index in [1.165, 1.54) is 0 Å². The van der Waals surface area contributed by atoms with Crippen molar-refractivity contribution < 1.29 is 43.3 Å². The molecule has 0 unspecified atom stereocenters.